The molecule has 0 radical (unpaired) electrons. The molecule has 12 atom stereocenters. The Hall–Kier alpha value is -2.86. The summed E-state index contributed by atoms with van der Waals surface area (Å²) in [7, 11) is 0. The van der Waals surface area contributed by atoms with Gasteiger partial charge in [0.05, 0.1) is 5.92 Å². The Morgan fingerprint density at radius 2 is 1.63 bits per heavy atom. The lowest BCUT2D eigenvalue weighted by atomic mass is 9.44. The molecule has 1 heterocycles. The minimum absolute atomic E-state index is 0.149. The van der Waals surface area contributed by atoms with Crippen molar-refractivity contribution in [2.24, 2.45) is 45.3 Å². The number of aliphatic hydroxyl groups is 3. The Morgan fingerprint density at radius 1 is 0.962 bits per heavy atom. The number of hydrogen-bond acceptors (Lipinski definition) is 11. The molecule has 1 unspecified atom stereocenters. The Morgan fingerprint density at radius 3 is 2.25 bits per heavy atom. The van der Waals surface area contributed by atoms with Crippen LogP contribution in [0, 0.1) is 45.3 Å². The van der Waals surface area contributed by atoms with Crippen molar-refractivity contribution in [3.8, 4) is 0 Å². The van der Waals surface area contributed by atoms with Gasteiger partial charge >= 0.3 is 17.9 Å². The molecule has 2 saturated carbocycles. The van der Waals surface area contributed by atoms with Gasteiger partial charge in [-0.25, -0.2) is 0 Å². The van der Waals surface area contributed by atoms with E-state index in [1.165, 1.54) is 25.0 Å². The van der Waals surface area contributed by atoms with Crippen molar-refractivity contribution in [2.45, 2.75) is 144 Å². The molecular weight excluding hydrogens is 668 g/mol. The third-order valence-electron chi connectivity index (χ3n) is 14.0. The molecule has 4 aliphatic carbocycles. The van der Waals surface area contributed by atoms with Crippen LogP contribution in [0.25, 0.3) is 0 Å². The maximum atomic E-state index is 14.6. The Labute approximate surface area is 308 Å². The quantitative estimate of drug-likeness (QED) is 0.155. The predicted octanol–water partition coefficient (Wildman–Crippen LogP) is 5.14. The maximum Gasteiger partial charge on any atom is 0.311 e. The SMILES string of the molecule is C=C(CC[C@@H](C(=O)OC1O[C@H](COC(C)=O)[C@@H](O)[C@H](O)[C@H]1O)[C@H]1[C@H](OC(C)=O)C[C@@]2(C)C3=CC[C@H]4C(C)(C)C(=O)CC[C@]4(C)C3=CC[C@]12C)C(C)C. The van der Waals surface area contributed by atoms with Crippen molar-refractivity contribution in [1.29, 1.82) is 0 Å². The number of carbonyl (C=O) groups excluding carboxylic acids is 4. The number of ketones is 1. The third-order valence-corrected chi connectivity index (χ3v) is 14.0. The Balaban J connectivity index is 1.54. The van der Waals surface area contributed by atoms with E-state index in [1.807, 2.05) is 13.8 Å². The van der Waals surface area contributed by atoms with Crippen molar-refractivity contribution in [3.05, 3.63) is 35.5 Å². The summed E-state index contributed by atoms with van der Waals surface area (Å²) in [5.41, 5.74) is 1.62. The number of esters is 3. The Bertz CT molecular complexity index is 1530. The van der Waals surface area contributed by atoms with Gasteiger partial charge in [-0.1, -0.05) is 72.8 Å². The molecule has 0 aromatic rings. The van der Waals surface area contributed by atoms with E-state index in [0.29, 0.717) is 37.9 Å². The predicted molar refractivity (Wildman–Crippen MR) is 191 cm³/mol. The van der Waals surface area contributed by atoms with Crippen molar-refractivity contribution in [2.75, 3.05) is 6.61 Å². The zero-order valence-electron chi connectivity index (χ0n) is 32.4. The van der Waals surface area contributed by atoms with Gasteiger partial charge in [-0.15, -0.1) is 0 Å². The second-order valence-corrected chi connectivity index (χ2v) is 17.6. The van der Waals surface area contributed by atoms with Crippen LogP contribution in [0.4, 0.5) is 0 Å². The van der Waals surface area contributed by atoms with Crippen molar-refractivity contribution >= 4 is 23.7 Å². The number of hydrogen-bond donors (Lipinski definition) is 3. The van der Waals surface area contributed by atoms with Crippen LogP contribution in [-0.4, -0.2) is 82.4 Å². The van der Waals surface area contributed by atoms with Crippen LogP contribution in [-0.2, 0) is 38.1 Å². The molecule has 0 spiro atoms. The lowest BCUT2D eigenvalue weighted by Crippen LogP contribution is -2.60. The van der Waals surface area contributed by atoms with Crippen molar-refractivity contribution in [1.82, 2.24) is 0 Å². The normalized spacial score (nSPS) is 40.0. The molecule has 0 amide bonds. The average molecular weight is 729 g/mol. The molecular formula is C41H60O11. The molecule has 290 valence electrons. The zero-order chi connectivity index (χ0) is 38.7. The van der Waals surface area contributed by atoms with Crippen LogP contribution in [0.15, 0.2) is 35.5 Å². The van der Waals surface area contributed by atoms with Gasteiger partial charge in [-0.2, -0.15) is 0 Å². The summed E-state index contributed by atoms with van der Waals surface area (Å²) in [6.45, 7) is 21.3. The summed E-state index contributed by atoms with van der Waals surface area (Å²) >= 11 is 0. The number of carbonyl (C=O) groups is 4. The van der Waals surface area contributed by atoms with Crippen LogP contribution in [0.3, 0.4) is 0 Å². The fourth-order valence-corrected chi connectivity index (χ4v) is 10.5. The van der Waals surface area contributed by atoms with Crippen molar-refractivity contribution < 1.29 is 53.4 Å². The molecule has 3 fully saturated rings. The van der Waals surface area contributed by atoms with Crippen LogP contribution < -0.4 is 0 Å². The first kappa shape index (κ1) is 40.3. The fourth-order valence-electron chi connectivity index (χ4n) is 10.5. The highest BCUT2D eigenvalue weighted by Gasteiger charge is 2.68. The lowest BCUT2D eigenvalue weighted by Gasteiger charge is -2.59. The monoisotopic (exact) mass is 728 g/mol. The number of aliphatic hydroxyl groups excluding tert-OH is 3. The van der Waals surface area contributed by atoms with Gasteiger partial charge in [0.2, 0.25) is 6.29 Å². The highest BCUT2D eigenvalue weighted by Crippen LogP contribution is 2.72. The highest BCUT2D eigenvalue weighted by atomic mass is 16.7. The van der Waals surface area contributed by atoms with Crippen LogP contribution in [0.5, 0.6) is 0 Å². The average Bonchev–Trinajstić information content (AvgIpc) is 3.28. The van der Waals surface area contributed by atoms with Gasteiger partial charge in [0.25, 0.3) is 0 Å². The van der Waals surface area contributed by atoms with Crippen LogP contribution >= 0.6 is 0 Å². The molecule has 3 N–H and O–H groups in total. The van der Waals surface area contributed by atoms with E-state index in [2.05, 4.69) is 53.3 Å². The van der Waals surface area contributed by atoms with E-state index in [1.54, 1.807) is 0 Å². The number of rotatable bonds is 10. The molecule has 0 bridgehead atoms. The smallest absolute Gasteiger partial charge is 0.311 e. The lowest BCUT2D eigenvalue weighted by molar-refractivity contribution is -0.295. The first-order valence-electron chi connectivity index (χ1n) is 18.9. The summed E-state index contributed by atoms with van der Waals surface area (Å²) in [4.78, 5) is 51.9. The van der Waals surface area contributed by atoms with Gasteiger partial charge < -0.3 is 34.3 Å². The van der Waals surface area contributed by atoms with Gasteiger partial charge in [-0.3, -0.25) is 19.2 Å². The standard InChI is InChI=1S/C41H60O11/c1-21(2)22(3)11-12-25(36(48)52-37-35(47)34(46)33(45)29(51-37)20-49-23(4)42)32-28(50-24(5)43)19-41(10)27-13-14-30-38(6,7)31(44)16-17-39(30,8)26(27)15-18-40(32,41)9/h13,15,21,25,28-30,32-35,37,45-47H,3,11-12,14,16-20H2,1-2,4-10H3/t25-,28-,29-,30+,32+,33-,34+,35-,37?,39-,40-,41+/m1/s1. The fraction of sp³-hybridized carbons (Fsp3) is 0.756. The van der Waals surface area contributed by atoms with Gasteiger partial charge in [0, 0.05) is 37.0 Å². The summed E-state index contributed by atoms with van der Waals surface area (Å²) in [6, 6.07) is 0. The zero-order valence-corrected chi connectivity index (χ0v) is 32.4. The number of allylic oxidation sites excluding steroid dienone is 5. The topological polar surface area (TPSA) is 166 Å². The summed E-state index contributed by atoms with van der Waals surface area (Å²) in [5, 5.41) is 32.1. The molecule has 1 saturated heterocycles. The molecule has 5 aliphatic rings. The van der Waals surface area contributed by atoms with E-state index in [0.717, 1.165) is 18.4 Å². The summed E-state index contributed by atoms with van der Waals surface area (Å²) in [6.07, 6.45) is -0.173. The molecule has 52 heavy (non-hydrogen) atoms. The molecule has 5 rings (SSSR count). The van der Waals surface area contributed by atoms with Crippen LogP contribution in [0.1, 0.15) is 107 Å². The van der Waals surface area contributed by atoms with E-state index in [9.17, 15) is 34.5 Å². The number of Topliss-reactive ketones (excluding diaryl/α,β-unsaturated/α-hetero) is 1. The van der Waals surface area contributed by atoms with Gasteiger partial charge in [-0.05, 0) is 72.3 Å². The summed E-state index contributed by atoms with van der Waals surface area (Å²) in [5.74, 6) is -2.55. The summed E-state index contributed by atoms with van der Waals surface area (Å²) < 4.78 is 22.8. The molecule has 1 aliphatic heterocycles. The van der Waals surface area contributed by atoms with E-state index in [4.69, 9.17) is 18.9 Å². The highest BCUT2D eigenvalue weighted by molar-refractivity contribution is 5.86. The minimum atomic E-state index is -1.78. The number of fused-ring (bicyclic) bond motifs is 5. The van der Waals surface area contributed by atoms with E-state index >= 15 is 0 Å². The second kappa shape index (κ2) is 14.4. The van der Waals surface area contributed by atoms with Crippen LogP contribution in [0.2, 0.25) is 0 Å². The maximum absolute atomic E-state index is 14.6. The Kier molecular flexibility index (Phi) is 11.2. The molecule has 0 aromatic carbocycles. The second-order valence-electron chi connectivity index (χ2n) is 17.6. The first-order valence-corrected chi connectivity index (χ1v) is 18.9. The number of ether oxygens (including phenoxy) is 4. The molecule has 11 nitrogen and oxygen atoms in total. The van der Waals surface area contributed by atoms with E-state index in [-0.39, 0.29) is 17.3 Å². The first-order chi connectivity index (χ1) is 24.1. The third kappa shape index (κ3) is 6.73. The minimum Gasteiger partial charge on any atom is -0.463 e. The van der Waals surface area contributed by atoms with Gasteiger partial charge in [0.1, 0.15) is 42.9 Å². The largest absolute Gasteiger partial charge is 0.463 e. The van der Waals surface area contributed by atoms with E-state index < -0.39 is 89.4 Å². The molecule has 0 aromatic heterocycles. The van der Waals surface area contributed by atoms with Gasteiger partial charge in [0.15, 0.2) is 0 Å². The molecule has 11 heteroatoms. The van der Waals surface area contributed by atoms with Crippen molar-refractivity contribution in [3.63, 3.8) is 0 Å².